The Kier molecular flexibility index (Phi) is 4.95. The van der Waals surface area contributed by atoms with E-state index in [4.69, 9.17) is 0 Å². The highest BCUT2D eigenvalue weighted by Crippen LogP contribution is 2.32. The number of benzene rings is 1. The first kappa shape index (κ1) is 14.8. The van der Waals surface area contributed by atoms with Crippen LogP contribution in [0.5, 0.6) is 0 Å². The maximum atomic E-state index is 4.40. The first-order valence-electron chi connectivity index (χ1n) is 6.73. The van der Waals surface area contributed by atoms with Crippen LogP contribution in [0.25, 0.3) is 0 Å². The molecular weight excluding hydrogens is 316 g/mol. The largest absolute Gasteiger partial charge is 0.370 e. The number of aromatic nitrogens is 2. The molecule has 0 saturated carbocycles. The summed E-state index contributed by atoms with van der Waals surface area (Å²) < 4.78 is 1.01. The third-order valence-electron chi connectivity index (χ3n) is 2.93. The first-order chi connectivity index (χ1) is 9.63. The number of rotatable bonds is 5. The molecule has 5 heteroatoms. The quantitative estimate of drug-likeness (QED) is 0.842. The van der Waals surface area contributed by atoms with Crippen molar-refractivity contribution in [1.82, 2.24) is 9.97 Å². The molecule has 0 fully saturated rings. The van der Waals surface area contributed by atoms with Crippen molar-refractivity contribution in [2.24, 2.45) is 0 Å². The number of nitrogens with one attached hydrogen (secondary N) is 2. The molecule has 0 bridgehead atoms. The fraction of sp³-hybridized carbons (Fsp3) is 0.333. The van der Waals surface area contributed by atoms with Gasteiger partial charge in [-0.1, -0.05) is 26.0 Å². The molecule has 2 rings (SSSR count). The minimum absolute atomic E-state index is 0.329. The smallest absolute Gasteiger partial charge is 0.139 e. The monoisotopic (exact) mass is 334 g/mol. The molecule has 0 aliphatic rings. The lowest BCUT2D eigenvalue weighted by Crippen LogP contribution is -2.09. The van der Waals surface area contributed by atoms with E-state index in [9.17, 15) is 0 Å². The van der Waals surface area contributed by atoms with Crippen LogP contribution in [0.3, 0.4) is 0 Å². The summed E-state index contributed by atoms with van der Waals surface area (Å²) in [7, 11) is 0. The Morgan fingerprint density at radius 3 is 2.50 bits per heavy atom. The van der Waals surface area contributed by atoms with Gasteiger partial charge in [0.15, 0.2) is 0 Å². The third-order valence-corrected chi connectivity index (χ3v) is 3.62. The van der Waals surface area contributed by atoms with Gasteiger partial charge in [-0.3, -0.25) is 0 Å². The highest BCUT2D eigenvalue weighted by molar-refractivity contribution is 9.10. The van der Waals surface area contributed by atoms with Gasteiger partial charge in [0.25, 0.3) is 0 Å². The van der Waals surface area contributed by atoms with Crippen LogP contribution >= 0.6 is 15.9 Å². The number of hydrogen-bond acceptors (Lipinski definition) is 4. The van der Waals surface area contributed by atoms with E-state index in [2.05, 4.69) is 57.3 Å². The van der Waals surface area contributed by atoms with Crippen LogP contribution in [0.1, 0.15) is 32.3 Å². The zero-order valence-electron chi connectivity index (χ0n) is 11.9. The Hall–Kier alpha value is -1.62. The Morgan fingerprint density at radius 1 is 1.15 bits per heavy atom. The second-order valence-corrected chi connectivity index (χ2v) is 5.63. The van der Waals surface area contributed by atoms with E-state index >= 15 is 0 Å². The summed E-state index contributed by atoms with van der Waals surface area (Å²) in [4.78, 5) is 8.74. The second-order valence-electron chi connectivity index (χ2n) is 4.77. The molecule has 1 aromatic carbocycles. The maximum Gasteiger partial charge on any atom is 0.139 e. The van der Waals surface area contributed by atoms with Crippen LogP contribution in [-0.4, -0.2) is 16.5 Å². The lowest BCUT2D eigenvalue weighted by atomic mass is 10.0. The topological polar surface area (TPSA) is 49.8 Å². The van der Waals surface area contributed by atoms with Crippen LogP contribution in [0.15, 0.2) is 35.1 Å². The van der Waals surface area contributed by atoms with Crippen molar-refractivity contribution in [3.8, 4) is 0 Å². The predicted molar refractivity (Wildman–Crippen MR) is 87.7 cm³/mol. The van der Waals surface area contributed by atoms with Gasteiger partial charge in [-0.05, 0) is 40.9 Å². The zero-order valence-corrected chi connectivity index (χ0v) is 13.5. The average Bonchev–Trinajstić information content (AvgIpc) is 2.41. The molecule has 0 amide bonds. The third kappa shape index (κ3) is 3.28. The summed E-state index contributed by atoms with van der Waals surface area (Å²) >= 11 is 3.54. The number of nitrogens with zero attached hydrogens (tertiary/aromatic N) is 2. The van der Waals surface area contributed by atoms with Gasteiger partial charge in [0, 0.05) is 16.6 Å². The summed E-state index contributed by atoms with van der Waals surface area (Å²) in [6.45, 7) is 7.19. The molecule has 0 aliphatic heterocycles. The highest BCUT2D eigenvalue weighted by Gasteiger charge is 2.15. The molecule has 0 atom stereocenters. The number of anilines is 3. The van der Waals surface area contributed by atoms with Crippen molar-refractivity contribution in [3.05, 3.63) is 40.6 Å². The van der Waals surface area contributed by atoms with Crippen molar-refractivity contribution in [1.29, 1.82) is 0 Å². The average molecular weight is 335 g/mol. The SMILES string of the molecule is CCNc1ncnc(Nc2ccccc2Br)c1C(C)C. The van der Waals surface area contributed by atoms with E-state index in [0.717, 1.165) is 33.9 Å². The summed E-state index contributed by atoms with van der Waals surface area (Å²) in [5.74, 6) is 2.07. The molecular formula is C15H19BrN4. The van der Waals surface area contributed by atoms with Crippen molar-refractivity contribution in [2.75, 3.05) is 17.2 Å². The number of para-hydroxylation sites is 1. The standard InChI is InChI=1S/C15H19BrN4/c1-4-17-14-13(10(2)3)15(19-9-18-14)20-12-8-6-5-7-11(12)16/h5-10H,4H2,1-3H3,(H2,17,18,19,20). The van der Waals surface area contributed by atoms with E-state index in [0.29, 0.717) is 5.92 Å². The summed E-state index contributed by atoms with van der Waals surface area (Å²) in [5, 5.41) is 6.68. The Balaban J connectivity index is 2.41. The van der Waals surface area contributed by atoms with Gasteiger partial charge < -0.3 is 10.6 Å². The highest BCUT2D eigenvalue weighted by atomic mass is 79.9. The number of hydrogen-bond donors (Lipinski definition) is 2. The van der Waals surface area contributed by atoms with E-state index in [1.54, 1.807) is 6.33 Å². The van der Waals surface area contributed by atoms with Gasteiger partial charge in [0.05, 0.1) is 5.69 Å². The molecule has 2 N–H and O–H groups in total. The summed E-state index contributed by atoms with van der Waals surface area (Å²) in [6, 6.07) is 8.00. The minimum atomic E-state index is 0.329. The van der Waals surface area contributed by atoms with Crippen LogP contribution in [-0.2, 0) is 0 Å². The fourth-order valence-corrected chi connectivity index (χ4v) is 2.42. The molecule has 0 spiro atoms. The molecule has 106 valence electrons. The van der Waals surface area contributed by atoms with Crippen LogP contribution in [0.4, 0.5) is 17.3 Å². The van der Waals surface area contributed by atoms with Gasteiger partial charge in [0.2, 0.25) is 0 Å². The fourth-order valence-electron chi connectivity index (χ4n) is 2.04. The molecule has 2 aromatic rings. The lowest BCUT2D eigenvalue weighted by molar-refractivity contribution is 0.849. The van der Waals surface area contributed by atoms with Crippen molar-refractivity contribution in [2.45, 2.75) is 26.7 Å². The molecule has 4 nitrogen and oxygen atoms in total. The Morgan fingerprint density at radius 2 is 1.85 bits per heavy atom. The van der Waals surface area contributed by atoms with E-state index < -0.39 is 0 Å². The molecule has 20 heavy (non-hydrogen) atoms. The Bertz CT molecular complexity index is 584. The zero-order chi connectivity index (χ0) is 14.5. The van der Waals surface area contributed by atoms with Gasteiger partial charge in [0.1, 0.15) is 18.0 Å². The van der Waals surface area contributed by atoms with Crippen LogP contribution in [0.2, 0.25) is 0 Å². The molecule has 0 saturated heterocycles. The lowest BCUT2D eigenvalue weighted by Gasteiger charge is -2.17. The van der Waals surface area contributed by atoms with E-state index in [1.807, 2.05) is 24.3 Å². The molecule has 0 aliphatic carbocycles. The Labute approximate surface area is 128 Å². The predicted octanol–water partition coefficient (Wildman–Crippen LogP) is 4.54. The number of halogens is 1. The first-order valence-corrected chi connectivity index (χ1v) is 7.53. The minimum Gasteiger partial charge on any atom is -0.370 e. The van der Waals surface area contributed by atoms with Gasteiger partial charge in [-0.15, -0.1) is 0 Å². The van der Waals surface area contributed by atoms with Crippen molar-refractivity contribution in [3.63, 3.8) is 0 Å². The molecule has 0 radical (unpaired) electrons. The molecule has 1 heterocycles. The van der Waals surface area contributed by atoms with Crippen molar-refractivity contribution >= 4 is 33.3 Å². The van der Waals surface area contributed by atoms with Crippen molar-refractivity contribution < 1.29 is 0 Å². The summed E-state index contributed by atoms with van der Waals surface area (Å²) in [5.41, 5.74) is 2.10. The normalized spacial score (nSPS) is 10.7. The van der Waals surface area contributed by atoms with Crippen LogP contribution in [0, 0.1) is 0 Å². The van der Waals surface area contributed by atoms with Gasteiger partial charge >= 0.3 is 0 Å². The van der Waals surface area contributed by atoms with E-state index in [1.165, 1.54) is 0 Å². The summed E-state index contributed by atoms with van der Waals surface area (Å²) in [6.07, 6.45) is 1.59. The maximum absolute atomic E-state index is 4.40. The molecule has 1 aromatic heterocycles. The van der Waals surface area contributed by atoms with E-state index in [-0.39, 0.29) is 0 Å². The van der Waals surface area contributed by atoms with Crippen LogP contribution < -0.4 is 10.6 Å². The molecule has 0 unspecified atom stereocenters. The van der Waals surface area contributed by atoms with Gasteiger partial charge in [-0.25, -0.2) is 9.97 Å². The second kappa shape index (κ2) is 6.70. The van der Waals surface area contributed by atoms with Gasteiger partial charge in [-0.2, -0.15) is 0 Å².